The summed E-state index contributed by atoms with van der Waals surface area (Å²) in [5.74, 6) is -3.47. The number of carbonyl (C=O) groups excluding carboxylic acids is 1. The highest BCUT2D eigenvalue weighted by atomic mass is 19.3. The van der Waals surface area contributed by atoms with E-state index in [0.29, 0.717) is 11.4 Å². The van der Waals surface area contributed by atoms with Crippen LogP contribution in [0.2, 0.25) is 0 Å². The number of piperidine rings is 1. The third-order valence-electron chi connectivity index (χ3n) is 4.38. The summed E-state index contributed by atoms with van der Waals surface area (Å²) in [6, 6.07) is 6.38. The zero-order valence-electron chi connectivity index (χ0n) is 14.7. The number of hydrogen-bond donors (Lipinski definition) is 3. The molecule has 1 atom stereocenters. The van der Waals surface area contributed by atoms with Crippen LogP contribution in [0, 0.1) is 11.3 Å². The minimum absolute atomic E-state index is 0.0101. The molecule has 1 fully saturated rings. The molecule has 2 aliphatic rings. The van der Waals surface area contributed by atoms with Gasteiger partial charge in [-0.05, 0) is 18.2 Å². The van der Waals surface area contributed by atoms with Crippen LogP contribution in [-0.2, 0) is 4.79 Å². The van der Waals surface area contributed by atoms with E-state index < -0.39 is 31.1 Å². The van der Waals surface area contributed by atoms with Crippen LogP contribution in [0.1, 0.15) is 17.5 Å². The molecule has 4 N–H and O–H groups in total. The van der Waals surface area contributed by atoms with E-state index in [2.05, 4.69) is 15.3 Å². The van der Waals surface area contributed by atoms with Gasteiger partial charge in [-0.1, -0.05) is 0 Å². The Morgan fingerprint density at radius 3 is 2.93 bits per heavy atom. The van der Waals surface area contributed by atoms with Crippen molar-refractivity contribution in [2.75, 3.05) is 26.4 Å². The van der Waals surface area contributed by atoms with Crippen molar-refractivity contribution < 1.29 is 23.4 Å². The summed E-state index contributed by atoms with van der Waals surface area (Å²) in [5.41, 5.74) is 6.20. The van der Waals surface area contributed by atoms with Crippen molar-refractivity contribution in [2.24, 2.45) is 15.7 Å². The number of rotatable bonds is 4. The van der Waals surface area contributed by atoms with Gasteiger partial charge in [-0.25, -0.2) is 18.8 Å². The summed E-state index contributed by atoms with van der Waals surface area (Å²) >= 11 is 0. The van der Waals surface area contributed by atoms with Gasteiger partial charge >= 0.3 is 5.92 Å². The minimum atomic E-state index is -3.32. The van der Waals surface area contributed by atoms with Gasteiger partial charge in [0.15, 0.2) is 12.1 Å². The third-order valence-corrected chi connectivity index (χ3v) is 4.38. The van der Waals surface area contributed by atoms with Crippen LogP contribution in [0.3, 0.4) is 0 Å². The van der Waals surface area contributed by atoms with Gasteiger partial charge in [-0.2, -0.15) is 5.26 Å². The summed E-state index contributed by atoms with van der Waals surface area (Å²) in [7, 11) is 0. The quantitative estimate of drug-likeness (QED) is 0.649. The number of nitrogens with two attached hydrogens (primary N) is 1. The van der Waals surface area contributed by atoms with Crippen molar-refractivity contribution in [3.05, 3.63) is 29.3 Å². The van der Waals surface area contributed by atoms with E-state index in [0.717, 1.165) is 4.90 Å². The molecule has 1 aromatic rings. The van der Waals surface area contributed by atoms with Crippen molar-refractivity contribution in [3.63, 3.8) is 0 Å². The molecule has 3 rings (SSSR count). The van der Waals surface area contributed by atoms with Gasteiger partial charge in [0.05, 0.1) is 12.1 Å². The molecule has 0 aliphatic carbocycles. The van der Waals surface area contributed by atoms with Gasteiger partial charge in [0.25, 0.3) is 0 Å². The number of amides is 1. The number of carbonyl (C=O) groups is 1. The summed E-state index contributed by atoms with van der Waals surface area (Å²) in [6.07, 6.45) is -1.63. The lowest BCUT2D eigenvalue weighted by Gasteiger charge is -2.38. The highest BCUT2D eigenvalue weighted by molar-refractivity contribution is 6.09. The van der Waals surface area contributed by atoms with E-state index in [4.69, 9.17) is 15.6 Å². The number of alkyl halides is 2. The second-order valence-electron chi connectivity index (χ2n) is 6.27. The number of ether oxygens (including phenoxy) is 1. The van der Waals surface area contributed by atoms with E-state index in [1.807, 2.05) is 6.07 Å². The van der Waals surface area contributed by atoms with Gasteiger partial charge < -0.3 is 25.8 Å². The Kier molecular flexibility index (Phi) is 5.41. The summed E-state index contributed by atoms with van der Waals surface area (Å²) in [5, 5.41) is 21.0. The van der Waals surface area contributed by atoms with Crippen molar-refractivity contribution >= 4 is 17.7 Å². The normalized spacial score (nSPS) is 21.1. The average Bonchev–Trinajstić information content (AvgIpc) is 2.68. The largest absolute Gasteiger partial charge is 0.483 e. The lowest BCUT2D eigenvalue weighted by Crippen LogP contribution is -2.55. The van der Waals surface area contributed by atoms with Crippen molar-refractivity contribution in [1.82, 2.24) is 10.2 Å². The van der Waals surface area contributed by atoms with E-state index >= 15 is 0 Å². The zero-order chi connectivity index (χ0) is 20.3. The van der Waals surface area contributed by atoms with E-state index in [1.54, 1.807) is 6.07 Å². The predicted molar refractivity (Wildman–Crippen MR) is 95.0 cm³/mol. The molecule has 0 radical (unpaired) electrons. The number of guanidine groups is 1. The number of aliphatic imine (C=N–C) groups is 2. The molecule has 1 saturated heterocycles. The Balaban J connectivity index is 1.77. The number of nitriles is 1. The molecule has 28 heavy (non-hydrogen) atoms. The smallest absolute Gasteiger partial charge is 0.301 e. The fourth-order valence-electron chi connectivity index (χ4n) is 2.94. The standard InChI is InChI=1S/C17H18F2N6O3/c18-17(19)8-25(14(27)7-26)4-3-13(17)28-12-2-1-10(5-11(12)6-20)15-22-9-23-16(21)24-15/h1-2,5,13,26H,3-4,7-9H2,(H3,21,22,23,24)/t13-/m0/s1. The number of nitrogens with one attached hydrogen (secondary N) is 1. The van der Waals surface area contributed by atoms with Crippen molar-refractivity contribution in [1.29, 1.82) is 5.26 Å². The monoisotopic (exact) mass is 392 g/mol. The first-order chi connectivity index (χ1) is 13.3. The fraction of sp³-hybridized carbons (Fsp3) is 0.412. The predicted octanol–water partition coefficient (Wildman–Crippen LogP) is -0.212. The van der Waals surface area contributed by atoms with Gasteiger partial charge in [0.1, 0.15) is 30.9 Å². The second-order valence-corrected chi connectivity index (χ2v) is 6.27. The Morgan fingerprint density at radius 1 is 1.50 bits per heavy atom. The highest BCUT2D eigenvalue weighted by Crippen LogP contribution is 2.32. The molecular formula is C17H18F2N6O3. The fourth-order valence-corrected chi connectivity index (χ4v) is 2.94. The first kappa shape index (κ1) is 19.5. The molecule has 0 spiro atoms. The van der Waals surface area contributed by atoms with Gasteiger partial charge in [0, 0.05) is 18.5 Å². The zero-order valence-corrected chi connectivity index (χ0v) is 14.7. The van der Waals surface area contributed by atoms with Crippen LogP contribution in [0.25, 0.3) is 0 Å². The lowest BCUT2D eigenvalue weighted by atomic mass is 10.0. The van der Waals surface area contributed by atoms with Crippen LogP contribution in [-0.4, -0.2) is 66.1 Å². The van der Waals surface area contributed by atoms with Crippen LogP contribution < -0.4 is 15.8 Å². The van der Waals surface area contributed by atoms with Crippen LogP contribution in [0.15, 0.2) is 28.2 Å². The molecule has 0 unspecified atom stereocenters. The third kappa shape index (κ3) is 4.01. The van der Waals surface area contributed by atoms with Crippen molar-refractivity contribution in [2.45, 2.75) is 18.4 Å². The number of halogens is 2. The number of nitrogens with zero attached hydrogens (tertiary/aromatic N) is 4. The molecular weight excluding hydrogens is 374 g/mol. The number of likely N-dealkylation sites (tertiary alicyclic amines) is 1. The maximum Gasteiger partial charge on any atom is 0.301 e. The van der Waals surface area contributed by atoms with Gasteiger partial charge in [-0.3, -0.25) is 4.79 Å². The molecule has 0 bridgehead atoms. The second kappa shape index (κ2) is 7.77. The molecule has 2 aliphatic heterocycles. The van der Waals surface area contributed by atoms with E-state index in [1.165, 1.54) is 12.1 Å². The molecule has 2 heterocycles. The SMILES string of the molecule is N#Cc1cc(C2=NCN=C(N)N2)ccc1O[C@H]1CCN(C(=O)CO)CC1(F)F. The number of hydrogen-bond acceptors (Lipinski definition) is 8. The first-order valence-corrected chi connectivity index (χ1v) is 8.43. The Hall–Kier alpha value is -3.26. The number of amidine groups is 1. The number of aliphatic hydroxyl groups is 1. The lowest BCUT2D eigenvalue weighted by molar-refractivity contribution is -0.161. The van der Waals surface area contributed by atoms with Crippen molar-refractivity contribution in [3.8, 4) is 11.8 Å². The van der Waals surface area contributed by atoms with E-state index in [9.17, 15) is 18.8 Å². The number of benzene rings is 1. The molecule has 0 aromatic heterocycles. The molecule has 9 nitrogen and oxygen atoms in total. The Bertz CT molecular complexity index is 880. The Labute approximate surface area is 159 Å². The summed E-state index contributed by atoms with van der Waals surface area (Å²) in [6.45, 7) is -1.50. The summed E-state index contributed by atoms with van der Waals surface area (Å²) in [4.78, 5) is 20.4. The van der Waals surface area contributed by atoms with Gasteiger partial charge in [-0.15, -0.1) is 0 Å². The summed E-state index contributed by atoms with van der Waals surface area (Å²) < 4.78 is 34.3. The van der Waals surface area contributed by atoms with Crippen LogP contribution in [0.5, 0.6) is 5.75 Å². The first-order valence-electron chi connectivity index (χ1n) is 8.43. The molecule has 1 aromatic carbocycles. The maximum atomic E-state index is 14.4. The van der Waals surface area contributed by atoms with E-state index in [-0.39, 0.29) is 36.9 Å². The highest BCUT2D eigenvalue weighted by Gasteiger charge is 2.47. The topological polar surface area (TPSA) is 136 Å². The van der Waals surface area contributed by atoms with Gasteiger partial charge in [0.2, 0.25) is 5.91 Å². The molecule has 0 saturated carbocycles. The molecule has 148 valence electrons. The average molecular weight is 392 g/mol. The Morgan fingerprint density at radius 2 is 2.29 bits per heavy atom. The van der Waals surface area contributed by atoms with Crippen LogP contribution >= 0.6 is 0 Å². The number of aliphatic hydroxyl groups excluding tert-OH is 1. The minimum Gasteiger partial charge on any atom is -0.483 e. The van der Waals surface area contributed by atoms with Crippen LogP contribution in [0.4, 0.5) is 8.78 Å². The maximum absolute atomic E-state index is 14.4. The molecule has 11 heteroatoms. The molecule has 1 amide bonds.